The van der Waals surface area contributed by atoms with Gasteiger partial charge in [-0.2, -0.15) is 0 Å². The van der Waals surface area contributed by atoms with Gasteiger partial charge in [0.1, 0.15) is 0 Å². The van der Waals surface area contributed by atoms with Crippen molar-refractivity contribution in [3.05, 3.63) is 100 Å². The summed E-state index contributed by atoms with van der Waals surface area (Å²) in [6, 6.07) is 26.6. The standard InChI is InChI=1S/C26H22S.C2H6/c1-18-9-7-12-20(17-18)22-15-8-16-24-23-14-6-5-13-21(25(23)27-26(22)24)19-10-3-2-4-11-19;1-2/h2-4,6-12,14-17,21H,5,13H2,1H3;1-2H3. The van der Waals surface area contributed by atoms with Gasteiger partial charge in [-0.25, -0.2) is 0 Å². The van der Waals surface area contributed by atoms with E-state index in [0.29, 0.717) is 5.92 Å². The molecule has 0 saturated carbocycles. The molecule has 29 heavy (non-hydrogen) atoms. The van der Waals surface area contributed by atoms with E-state index in [0.717, 1.165) is 6.42 Å². The molecule has 3 aromatic carbocycles. The fourth-order valence-corrected chi connectivity index (χ4v) is 5.71. The van der Waals surface area contributed by atoms with Crippen molar-refractivity contribution in [1.29, 1.82) is 0 Å². The molecule has 146 valence electrons. The first kappa shape index (κ1) is 19.7. The molecule has 5 rings (SSSR count). The van der Waals surface area contributed by atoms with Crippen LogP contribution < -0.4 is 0 Å². The van der Waals surface area contributed by atoms with E-state index in [1.165, 1.54) is 49.2 Å². The van der Waals surface area contributed by atoms with Gasteiger partial charge >= 0.3 is 0 Å². The first-order valence-corrected chi connectivity index (χ1v) is 11.5. The van der Waals surface area contributed by atoms with Crippen molar-refractivity contribution < 1.29 is 0 Å². The second-order valence-corrected chi connectivity index (χ2v) is 8.43. The quantitative estimate of drug-likeness (QED) is 0.317. The monoisotopic (exact) mass is 396 g/mol. The highest BCUT2D eigenvalue weighted by molar-refractivity contribution is 7.20. The van der Waals surface area contributed by atoms with E-state index in [-0.39, 0.29) is 0 Å². The second-order valence-electron chi connectivity index (χ2n) is 7.37. The molecule has 0 aliphatic heterocycles. The van der Waals surface area contributed by atoms with Crippen LogP contribution in [-0.4, -0.2) is 0 Å². The minimum absolute atomic E-state index is 0.485. The molecule has 0 saturated heterocycles. The van der Waals surface area contributed by atoms with Gasteiger partial charge in [-0.1, -0.05) is 104 Å². The van der Waals surface area contributed by atoms with Crippen molar-refractivity contribution >= 4 is 27.5 Å². The van der Waals surface area contributed by atoms with Crippen molar-refractivity contribution in [2.24, 2.45) is 0 Å². The molecule has 1 atom stereocenters. The lowest BCUT2D eigenvalue weighted by Gasteiger charge is -2.15. The van der Waals surface area contributed by atoms with Gasteiger partial charge in [-0.15, -0.1) is 11.3 Å². The molecular formula is C28H28S. The Bertz CT molecular complexity index is 1130. The molecule has 1 aliphatic carbocycles. The van der Waals surface area contributed by atoms with E-state index in [1.807, 2.05) is 25.2 Å². The van der Waals surface area contributed by atoms with E-state index in [1.54, 1.807) is 0 Å². The molecule has 1 heteroatoms. The molecule has 0 bridgehead atoms. The second kappa shape index (κ2) is 8.80. The van der Waals surface area contributed by atoms with Gasteiger partial charge in [0.25, 0.3) is 0 Å². The summed E-state index contributed by atoms with van der Waals surface area (Å²) in [6.07, 6.45) is 7.03. The summed E-state index contributed by atoms with van der Waals surface area (Å²) in [6.45, 7) is 6.17. The summed E-state index contributed by atoms with van der Waals surface area (Å²) < 4.78 is 1.42. The van der Waals surface area contributed by atoms with Gasteiger partial charge in [0.2, 0.25) is 0 Å². The summed E-state index contributed by atoms with van der Waals surface area (Å²) in [5, 5.41) is 1.40. The minimum atomic E-state index is 0.485. The van der Waals surface area contributed by atoms with E-state index < -0.39 is 0 Å². The Labute approximate surface area is 178 Å². The zero-order chi connectivity index (χ0) is 20.2. The lowest BCUT2D eigenvalue weighted by molar-refractivity contribution is 0.746. The van der Waals surface area contributed by atoms with E-state index in [9.17, 15) is 0 Å². The Morgan fingerprint density at radius 2 is 1.66 bits per heavy atom. The van der Waals surface area contributed by atoms with Gasteiger partial charge in [0, 0.05) is 20.9 Å². The maximum atomic E-state index is 2.36. The molecule has 0 amide bonds. The van der Waals surface area contributed by atoms with Gasteiger partial charge in [0.05, 0.1) is 0 Å². The molecular weight excluding hydrogens is 368 g/mol. The Morgan fingerprint density at radius 3 is 2.45 bits per heavy atom. The number of hydrogen-bond donors (Lipinski definition) is 0. The van der Waals surface area contributed by atoms with E-state index in [2.05, 4.69) is 91.9 Å². The smallest absolute Gasteiger partial charge is 0.0430 e. The predicted molar refractivity (Wildman–Crippen MR) is 130 cm³/mol. The topological polar surface area (TPSA) is 0 Å². The van der Waals surface area contributed by atoms with E-state index in [4.69, 9.17) is 0 Å². The number of rotatable bonds is 2. The number of benzene rings is 3. The summed E-state index contributed by atoms with van der Waals surface area (Å²) >= 11 is 1.99. The number of allylic oxidation sites excluding steroid dienone is 1. The Hall–Kier alpha value is -2.64. The largest absolute Gasteiger partial charge is 0.138 e. The van der Waals surface area contributed by atoms with Crippen LogP contribution in [0.15, 0.2) is 78.9 Å². The number of hydrogen-bond acceptors (Lipinski definition) is 1. The van der Waals surface area contributed by atoms with Crippen LogP contribution >= 0.6 is 11.3 Å². The zero-order valence-corrected chi connectivity index (χ0v) is 18.3. The number of thiophene rings is 1. The highest BCUT2D eigenvalue weighted by atomic mass is 32.1. The van der Waals surface area contributed by atoms with Crippen LogP contribution in [0, 0.1) is 6.92 Å². The Kier molecular flexibility index (Phi) is 5.97. The number of aryl methyl sites for hydroxylation is 1. The van der Waals surface area contributed by atoms with Gasteiger partial charge < -0.3 is 0 Å². The maximum Gasteiger partial charge on any atom is 0.0430 e. The first-order chi connectivity index (χ1) is 14.3. The highest BCUT2D eigenvalue weighted by Crippen LogP contribution is 2.46. The first-order valence-electron chi connectivity index (χ1n) is 10.7. The lowest BCUT2D eigenvalue weighted by atomic mass is 9.91. The van der Waals surface area contributed by atoms with Crippen molar-refractivity contribution in [2.75, 3.05) is 0 Å². The van der Waals surface area contributed by atoms with Crippen LogP contribution in [0.4, 0.5) is 0 Å². The molecule has 0 fully saturated rings. The molecule has 0 radical (unpaired) electrons. The predicted octanol–water partition coefficient (Wildman–Crippen LogP) is 8.84. The molecule has 4 aromatic rings. The fourth-order valence-electron chi connectivity index (χ4n) is 4.23. The van der Waals surface area contributed by atoms with Crippen LogP contribution in [0.3, 0.4) is 0 Å². The molecule has 1 unspecified atom stereocenters. The molecule has 1 aromatic heterocycles. The number of fused-ring (bicyclic) bond motifs is 3. The minimum Gasteiger partial charge on any atom is -0.138 e. The van der Waals surface area contributed by atoms with Gasteiger partial charge in [0.15, 0.2) is 0 Å². The molecule has 0 spiro atoms. The normalized spacial score (nSPS) is 15.3. The SMILES string of the molecule is CC.Cc1cccc(-c2cccc3c4c(sc23)C(c2ccccc2)CCC=C4)c1. The van der Waals surface area contributed by atoms with Crippen LogP contribution in [0.1, 0.15) is 54.2 Å². The van der Waals surface area contributed by atoms with Crippen LogP contribution in [-0.2, 0) is 0 Å². The third kappa shape index (κ3) is 3.80. The summed E-state index contributed by atoms with van der Waals surface area (Å²) in [7, 11) is 0. The van der Waals surface area contributed by atoms with Gasteiger partial charge in [-0.05, 0) is 42.0 Å². The third-order valence-electron chi connectivity index (χ3n) is 5.54. The maximum absolute atomic E-state index is 2.36. The average Bonchev–Trinajstić information content (AvgIpc) is 3.01. The van der Waals surface area contributed by atoms with Crippen LogP contribution in [0.2, 0.25) is 0 Å². The highest BCUT2D eigenvalue weighted by Gasteiger charge is 2.23. The molecule has 0 N–H and O–H groups in total. The fraction of sp³-hybridized carbons (Fsp3) is 0.214. The summed E-state index contributed by atoms with van der Waals surface area (Å²) in [4.78, 5) is 1.52. The Morgan fingerprint density at radius 1 is 0.862 bits per heavy atom. The van der Waals surface area contributed by atoms with Crippen molar-refractivity contribution in [2.45, 2.75) is 39.5 Å². The van der Waals surface area contributed by atoms with E-state index >= 15 is 0 Å². The molecule has 0 nitrogen and oxygen atoms in total. The van der Waals surface area contributed by atoms with Crippen molar-refractivity contribution in [3.8, 4) is 11.1 Å². The van der Waals surface area contributed by atoms with Crippen molar-refractivity contribution in [3.63, 3.8) is 0 Å². The summed E-state index contributed by atoms with van der Waals surface area (Å²) in [5.74, 6) is 0.485. The lowest BCUT2D eigenvalue weighted by Crippen LogP contribution is -1.98. The average molecular weight is 397 g/mol. The zero-order valence-electron chi connectivity index (χ0n) is 17.5. The summed E-state index contributed by atoms with van der Waals surface area (Å²) in [5.41, 5.74) is 6.85. The third-order valence-corrected chi connectivity index (χ3v) is 6.91. The molecule has 1 heterocycles. The Balaban J connectivity index is 0.000000994. The van der Waals surface area contributed by atoms with Crippen LogP contribution in [0.25, 0.3) is 27.3 Å². The molecule has 1 aliphatic rings. The van der Waals surface area contributed by atoms with Crippen molar-refractivity contribution in [1.82, 2.24) is 0 Å². The van der Waals surface area contributed by atoms with Gasteiger partial charge in [-0.3, -0.25) is 0 Å². The van der Waals surface area contributed by atoms with Crippen LogP contribution in [0.5, 0.6) is 0 Å².